The third-order valence-electron chi connectivity index (χ3n) is 4.38. The van der Waals surface area contributed by atoms with Crippen LogP contribution < -0.4 is 15.1 Å². The molecule has 22 heavy (non-hydrogen) atoms. The van der Waals surface area contributed by atoms with Gasteiger partial charge in [-0.2, -0.15) is 0 Å². The Kier molecular flexibility index (Phi) is 6.25. The number of anilines is 1. The van der Waals surface area contributed by atoms with Crippen molar-refractivity contribution in [3.63, 3.8) is 0 Å². The van der Waals surface area contributed by atoms with Gasteiger partial charge in [0.25, 0.3) is 5.91 Å². The zero-order valence-corrected chi connectivity index (χ0v) is 14.2. The van der Waals surface area contributed by atoms with Crippen LogP contribution >= 0.6 is 0 Å². The number of rotatable bonds is 6. The number of hydrogen-bond donors (Lipinski definition) is 2. The summed E-state index contributed by atoms with van der Waals surface area (Å²) in [6, 6.07) is 8.54. The molecular formula is C18H30N3O+. The summed E-state index contributed by atoms with van der Waals surface area (Å²) in [6.07, 6.45) is 1.06. The quantitative estimate of drug-likeness (QED) is 0.818. The van der Waals surface area contributed by atoms with Crippen molar-refractivity contribution in [2.24, 2.45) is 5.92 Å². The van der Waals surface area contributed by atoms with E-state index < -0.39 is 0 Å². The summed E-state index contributed by atoms with van der Waals surface area (Å²) < 4.78 is 0. The fourth-order valence-electron chi connectivity index (χ4n) is 2.95. The third-order valence-corrected chi connectivity index (χ3v) is 4.38. The van der Waals surface area contributed by atoms with Crippen molar-refractivity contribution in [1.82, 2.24) is 5.32 Å². The number of hydrogen-bond acceptors (Lipinski definition) is 2. The largest absolute Gasteiger partial charge is 0.360 e. The second-order valence-electron chi connectivity index (χ2n) is 6.73. The molecule has 1 aliphatic heterocycles. The van der Waals surface area contributed by atoms with E-state index in [0.29, 0.717) is 12.5 Å². The molecule has 0 radical (unpaired) electrons. The van der Waals surface area contributed by atoms with Crippen molar-refractivity contribution in [3.05, 3.63) is 29.8 Å². The molecule has 1 aliphatic rings. The van der Waals surface area contributed by atoms with Crippen LogP contribution in [0.3, 0.4) is 0 Å². The van der Waals surface area contributed by atoms with Crippen molar-refractivity contribution < 1.29 is 9.69 Å². The lowest BCUT2D eigenvalue weighted by atomic mass is 10.1. The molecule has 1 heterocycles. The standard InChI is InChI=1S/C18H29N3O/c1-15(2)8-9-19-18(22)14-20-10-12-21(13-11-20)17-7-5-4-6-16(17)3/h4-7,15H,8-14H2,1-3H3,(H,19,22)/p+1. The number of aryl methyl sites for hydroxylation is 1. The summed E-state index contributed by atoms with van der Waals surface area (Å²) in [5, 5.41) is 3.04. The SMILES string of the molecule is Cc1ccccc1N1CC[NH+](CC(=O)NCCC(C)C)CC1. The molecule has 0 unspecified atom stereocenters. The Hall–Kier alpha value is -1.55. The highest BCUT2D eigenvalue weighted by atomic mass is 16.2. The minimum atomic E-state index is 0.194. The Morgan fingerprint density at radius 3 is 2.59 bits per heavy atom. The van der Waals surface area contributed by atoms with Gasteiger partial charge in [0, 0.05) is 12.2 Å². The number of amides is 1. The highest BCUT2D eigenvalue weighted by Gasteiger charge is 2.22. The molecule has 2 rings (SSSR count). The highest BCUT2D eigenvalue weighted by Crippen LogP contribution is 2.18. The van der Waals surface area contributed by atoms with E-state index in [1.165, 1.54) is 16.2 Å². The molecule has 4 nitrogen and oxygen atoms in total. The van der Waals surface area contributed by atoms with Crippen molar-refractivity contribution in [3.8, 4) is 0 Å². The van der Waals surface area contributed by atoms with Crippen LogP contribution in [0.1, 0.15) is 25.8 Å². The number of nitrogens with zero attached hydrogens (tertiary/aromatic N) is 1. The van der Waals surface area contributed by atoms with Crippen LogP contribution in [-0.2, 0) is 4.79 Å². The van der Waals surface area contributed by atoms with Gasteiger partial charge in [-0.3, -0.25) is 4.79 Å². The van der Waals surface area contributed by atoms with Crippen molar-refractivity contribution in [2.75, 3.05) is 44.2 Å². The van der Waals surface area contributed by atoms with Crippen LogP contribution in [0, 0.1) is 12.8 Å². The van der Waals surface area contributed by atoms with Gasteiger partial charge in [-0.25, -0.2) is 0 Å². The maximum atomic E-state index is 12.0. The molecule has 0 atom stereocenters. The van der Waals surface area contributed by atoms with Gasteiger partial charge in [0.05, 0.1) is 26.2 Å². The molecule has 0 bridgehead atoms. The molecule has 4 heteroatoms. The van der Waals surface area contributed by atoms with E-state index in [1.54, 1.807) is 0 Å². The molecule has 1 saturated heterocycles. The first-order valence-corrected chi connectivity index (χ1v) is 8.47. The van der Waals surface area contributed by atoms with E-state index in [9.17, 15) is 4.79 Å². The monoisotopic (exact) mass is 304 g/mol. The zero-order valence-electron chi connectivity index (χ0n) is 14.2. The third kappa shape index (κ3) is 5.02. The molecular weight excluding hydrogens is 274 g/mol. The fourth-order valence-corrected chi connectivity index (χ4v) is 2.95. The molecule has 0 aliphatic carbocycles. The van der Waals surface area contributed by atoms with Gasteiger partial charge in [-0.05, 0) is 30.9 Å². The Morgan fingerprint density at radius 2 is 1.95 bits per heavy atom. The fraction of sp³-hybridized carbons (Fsp3) is 0.611. The van der Waals surface area contributed by atoms with Crippen LogP contribution in [0.2, 0.25) is 0 Å². The number of carbonyl (C=O) groups is 1. The van der Waals surface area contributed by atoms with E-state index in [0.717, 1.165) is 39.1 Å². The number of carbonyl (C=O) groups excluding carboxylic acids is 1. The van der Waals surface area contributed by atoms with Gasteiger partial charge < -0.3 is 15.1 Å². The van der Waals surface area contributed by atoms with Crippen LogP contribution in [0.25, 0.3) is 0 Å². The Balaban J connectivity index is 1.73. The van der Waals surface area contributed by atoms with E-state index >= 15 is 0 Å². The van der Waals surface area contributed by atoms with Crippen LogP contribution in [-0.4, -0.2) is 45.2 Å². The number of piperazine rings is 1. The van der Waals surface area contributed by atoms with Gasteiger partial charge in [0.2, 0.25) is 0 Å². The van der Waals surface area contributed by atoms with Crippen LogP contribution in [0.5, 0.6) is 0 Å². The molecule has 1 aromatic rings. The maximum absolute atomic E-state index is 12.0. The van der Waals surface area contributed by atoms with E-state index in [4.69, 9.17) is 0 Å². The second kappa shape index (κ2) is 8.18. The first-order chi connectivity index (χ1) is 10.6. The summed E-state index contributed by atoms with van der Waals surface area (Å²) in [6.45, 7) is 12.1. The van der Waals surface area contributed by atoms with Gasteiger partial charge in [0.1, 0.15) is 0 Å². The van der Waals surface area contributed by atoms with Crippen molar-refractivity contribution in [1.29, 1.82) is 0 Å². The topological polar surface area (TPSA) is 36.8 Å². The predicted octanol–water partition coefficient (Wildman–Crippen LogP) is 0.862. The van der Waals surface area contributed by atoms with Gasteiger partial charge in [-0.1, -0.05) is 32.0 Å². The maximum Gasteiger partial charge on any atom is 0.275 e. The number of para-hydroxylation sites is 1. The Morgan fingerprint density at radius 1 is 1.27 bits per heavy atom. The van der Waals surface area contributed by atoms with Gasteiger partial charge in [0.15, 0.2) is 6.54 Å². The number of quaternary nitrogens is 1. The van der Waals surface area contributed by atoms with E-state index in [1.807, 2.05) is 0 Å². The van der Waals surface area contributed by atoms with Crippen molar-refractivity contribution in [2.45, 2.75) is 27.2 Å². The predicted molar refractivity (Wildman–Crippen MR) is 91.4 cm³/mol. The molecule has 122 valence electrons. The molecule has 2 N–H and O–H groups in total. The summed E-state index contributed by atoms with van der Waals surface area (Å²) in [5.41, 5.74) is 2.67. The number of benzene rings is 1. The van der Waals surface area contributed by atoms with Gasteiger partial charge in [-0.15, -0.1) is 0 Å². The lowest BCUT2D eigenvalue weighted by Gasteiger charge is -2.34. The Bertz CT molecular complexity index is 479. The Labute approximate surface area is 134 Å². The normalized spacial score (nSPS) is 16.1. The minimum Gasteiger partial charge on any atom is -0.360 e. The first kappa shape index (κ1) is 16.8. The summed E-state index contributed by atoms with van der Waals surface area (Å²) in [4.78, 5) is 15.8. The summed E-state index contributed by atoms with van der Waals surface area (Å²) >= 11 is 0. The average Bonchev–Trinajstić information content (AvgIpc) is 2.48. The molecule has 1 amide bonds. The van der Waals surface area contributed by atoms with Gasteiger partial charge >= 0.3 is 0 Å². The van der Waals surface area contributed by atoms with E-state index in [2.05, 4.69) is 55.3 Å². The first-order valence-electron chi connectivity index (χ1n) is 8.47. The molecule has 0 saturated carbocycles. The summed E-state index contributed by atoms with van der Waals surface area (Å²) in [7, 11) is 0. The van der Waals surface area contributed by atoms with Crippen LogP contribution in [0.15, 0.2) is 24.3 Å². The zero-order chi connectivity index (χ0) is 15.9. The molecule has 0 spiro atoms. The molecule has 1 fully saturated rings. The highest BCUT2D eigenvalue weighted by molar-refractivity contribution is 5.76. The summed E-state index contributed by atoms with van der Waals surface area (Å²) in [5.74, 6) is 0.838. The van der Waals surface area contributed by atoms with E-state index in [-0.39, 0.29) is 5.91 Å². The lowest BCUT2D eigenvalue weighted by molar-refractivity contribution is -0.892. The average molecular weight is 304 g/mol. The molecule has 1 aromatic carbocycles. The van der Waals surface area contributed by atoms with Crippen LogP contribution in [0.4, 0.5) is 5.69 Å². The minimum absolute atomic E-state index is 0.194. The van der Waals surface area contributed by atoms with Crippen molar-refractivity contribution >= 4 is 11.6 Å². The second-order valence-corrected chi connectivity index (χ2v) is 6.73. The molecule has 0 aromatic heterocycles. The lowest BCUT2D eigenvalue weighted by Crippen LogP contribution is -3.16. The number of nitrogens with one attached hydrogen (secondary N) is 2. The smallest absolute Gasteiger partial charge is 0.275 e.